The van der Waals surface area contributed by atoms with Crippen LogP contribution in [-0.4, -0.2) is 24.0 Å². The molecule has 0 amide bonds. The topological polar surface area (TPSA) is 27.0 Å². The van der Waals surface area contributed by atoms with Crippen LogP contribution in [-0.2, 0) is 0 Å². The summed E-state index contributed by atoms with van der Waals surface area (Å²) >= 11 is 0. The molecule has 2 nitrogen and oxygen atoms in total. The molecule has 0 aromatic rings. The van der Waals surface area contributed by atoms with Gasteiger partial charge in [-0.3, -0.25) is 4.90 Å². The van der Waals surface area contributed by atoms with E-state index in [1.165, 1.54) is 32.4 Å². The lowest BCUT2D eigenvalue weighted by atomic mass is 9.66. The third-order valence-electron chi connectivity index (χ3n) is 6.48. The van der Waals surface area contributed by atoms with Gasteiger partial charge in [0.05, 0.1) is 12.0 Å². The third kappa shape index (κ3) is 3.03. The fourth-order valence-electron chi connectivity index (χ4n) is 4.14. The van der Waals surface area contributed by atoms with Gasteiger partial charge in [0.25, 0.3) is 0 Å². The zero-order valence-corrected chi connectivity index (χ0v) is 14.0. The SMILES string of the molecule is CCC(C)(C)C1CCC(C#N)C(N2CC(C)C(C)C2)C1. The molecule has 0 spiro atoms. The number of nitriles is 1. The van der Waals surface area contributed by atoms with Gasteiger partial charge in [-0.25, -0.2) is 0 Å². The van der Waals surface area contributed by atoms with Gasteiger partial charge in [-0.15, -0.1) is 0 Å². The van der Waals surface area contributed by atoms with Crippen LogP contribution in [0, 0.1) is 40.4 Å². The van der Waals surface area contributed by atoms with E-state index in [-0.39, 0.29) is 5.92 Å². The second-order valence-corrected chi connectivity index (χ2v) is 8.06. The Morgan fingerprint density at radius 2 is 1.75 bits per heavy atom. The standard InChI is InChI=1S/C18H32N2/c1-6-18(4,5)16-8-7-15(10-19)17(9-16)20-11-13(2)14(3)12-20/h13-17H,6-9,11-12H2,1-5H3. The first kappa shape index (κ1) is 15.8. The van der Waals surface area contributed by atoms with Gasteiger partial charge in [-0.05, 0) is 42.4 Å². The molecule has 0 radical (unpaired) electrons. The Morgan fingerprint density at radius 3 is 2.25 bits per heavy atom. The number of hydrogen-bond donors (Lipinski definition) is 0. The van der Waals surface area contributed by atoms with Crippen molar-refractivity contribution in [3.63, 3.8) is 0 Å². The van der Waals surface area contributed by atoms with Crippen LogP contribution in [0.25, 0.3) is 0 Å². The highest BCUT2D eigenvalue weighted by atomic mass is 15.2. The maximum Gasteiger partial charge on any atom is 0.0672 e. The first-order chi connectivity index (χ1) is 9.39. The van der Waals surface area contributed by atoms with Crippen LogP contribution < -0.4 is 0 Å². The first-order valence-electron chi connectivity index (χ1n) is 8.52. The third-order valence-corrected chi connectivity index (χ3v) is 6.48. The van der Waals surface area contributed by atoms with E-state index in [1.807, 2.05) is 0 Å². The highest BCUT2D eigenvalue weighted by molar-refractivity contribution is 5.01. The molecule has 0 bridgehead atoms. The largest absolute Gasteiger partial charge is 0.299 e. The second-order valence-electron chi connectivity index (χ2n) is 8.06. The van der Waals surface area contributed by atoms with Gasteiger partial charge in [-0.2, -0.15) is 5.26 Å². The quantitative estimate of drug-likeness (QED) is 0.767. The highest BCUT2D eigenvalue weighted by Gasteiger charge is 2.42. The van der Waals surface area contributed by atoms with Crippen molar-refractivity contribution in [2.24, 2.45) is 29.1 Å². The van der Waals surface area contributed by atoms with Gasteiger partial charge >= 0.3 is 0 Å². The molecule has 2 aliphatic rings. The summed E-state index contributed by atoms with van der Waals surface area (Å²) in [5.41, 5.74) is 0.426. The molecule has 0 N–H and O–H groups in total. The molecule has 1 aliphatic carbocycles. The summed E-state index contributed by atoms with van der Waals surface area (Å²) in [6.45, 7) is 14.3. The van der Waals surface area contributed by atoms with E-state index < -0.39 is 0 Å². The van der Waals surface area contributed by atoms with Crippen LogP contribution in [0.3, 0.4) is 0 Å². The summed E-state index contributed by atoms with van der Waals surface area (Å²) in [5, 5.41) is 9.52. The Morgan fingerprint density at radius 1 is 1.15 bits per heavy atom. The fraction of sp³-hybridized carbons (Fsp3) is 0.944. The lowest BCUT2D eigenvalue weighted by molar-refractivity contribution is 0.0611. The molecular formula is C18H32N2. The van der Waals surface area contributed by atoms with Crippen LogP contribution in [0.2, 0.25) is 0 Å². The van der Waals surface area contributed by atoms with Gasteiger partial charge in [0.1, 0.15) is 0 Å². The minimum atomic E-state index is 0.261. The lowest BCUT2D eigenvalue weighted by Gasteiger charge is -2.44. The minimum absolute atomic E-state index is 0.261. The molecule has 20 heavy (non-hydrogen) atoms. The van der Waals surface area contributed by atoms with Crippen molar-refractivity contribution in [1.29, 1.82) is 5.26 Å². The van der Waals surface area contributed by atoms with E-state index in [0.29, 0.717) is 11.5 Å². The maximum atomic E-state index is 9.52. The first-order valence-corrected chi connectivity index (χ1v) is 8.52. The van der Waals surface area contributed by atoms with E-state index in [2.05, 4.69) is 45.6 Å². The smallest absolute Gasteiger partial charge is 0.0672 e. The summed E-state index contributed by atoms with van der Waals surface area (Å²) in [6, 6.07) is 3.12. The van der Waals surface area contributed by atoms with Crippen LogP contribution in [0.1, 0.15) is 60.3 Å². The Labute approximate surface area is 125 Å². The molecular weight excluding hydrogens is 244 g/mol. The number of rotatable bonds is 3. The molecule has 5 unspecified atom stereocenters. The second kappa shape index (κ2) is 6.06. The molecule has 1 aliphatic heterocycles. The molecule has 0 aromatic carbocycles. The van der Waals surface area contributed by atoms with Gasteiger partial charge in [0, 0.05) is 19.1 Å². The number of hydrogen-bond acceptors (Lipinski definition) is 2. The molecule has 1 saturated carbocycles. The van der Waals surface area contributed by atoms with E-state index in [0.717, 1.165) is 24.2 Å². The predicted molar refractivity (Wildman–Crippen MR) is 84.2 cm³/mol. The average molecular weight is 276 g/mol. The van der Waals surface area contributed by atoms with Crippen molar-refractivity contribution in [1.82, 2.24) is 4.90 Å². The summed E-state index contributed by atoms with van der Waals surface area (Å²) in [7, 11) is 0. The van der Waals surface area contributed by atoms with E-state index in [1.54, 1.807) is 0 Å². The Kier molecular flexibility index (Phi) is 4.80. The number of likely N-dealkylation sites (tertiary alicyclic amines) is 1. The van der Waals surface area contributed by atoms with Gasteiger partial charge < -0.3 is 0 Å². The number of nitrogens with zero attached hydrogens (tertiary/aromatic N) is 2. The molecule has 1 heterocycles. The summed E-state index contributed by atoms with van der Waals surface area (Å²) in [4.78, 5) is 2.64. The summed E-state index contributed by atoms with van der Waals surface area (Å²) in [6.07, 6.45) is 4.83. The molecule has 2 heteroatoms. The maximum absolute atomic E-state index is 9.52. The Balaban J connectivity index is 2.10. The van der Waals surface area contributed by atoms with Crippen molar-refractivity contribution in [3.05, 3.63) is 0 Å². The van der Waals surface area contributed by atoms with Crippen LogP contribution >= 0.6 is 0 Å². The van der Waals surface area contributed by atoms with Crippen molar-refractivity contribution in [2.75, 3.05) is 13.1 Å². The summed E-state index contributed by atoms with van der Waals surface area (Å²) in [5.74, 6) is 2.62. The van der Waals surface area contributed by atoms with Crippen LogP contribution in [0.15, 0.2) is 0 Å². The molecule has 0 aromatic heterocycles. The van der Waals surface area contributed by atoms with E-state index in [9.17, 15) is 5.26 Å². The molecule has 2 rings (SSSR count). The highest BCUT2D eigenvalue weighted by Crippen LogP contribution is 2.44. The molecule has 5 atom stereocenters. The van der Waals surface area contributed by atoms with Gasteiger partial charge in [0.2, 0.25) is 0 Å². The monoisotopic (exact) mass is 276 g/mol. The van der Waals surface area contributed by atoms with Crippen molar-refractivity contribution >= 4 is 0 Å². The van der Waals surface area contributed by atoms with E-state index >= 15 is 0 Å². The zero-order valence-electron chi connectivity index (χ0n) is 14.0. The molecule has 2 fully saturated rings. The average Bonchev–Trinajstić information content (AvgIpc) is 2.77. The fourth-order valence-corrected chi connectivity index (χ4v) is 4.14. The van der Waals surface area contributed by atoms with Crippen LogP contribution in [0.5, 0.6) is 0 Å². The Hall–Kier alpha value is -0.550. The van der Waals surface area contributed by atoms with Crippen LogP contribution in [0.4, 0.5) is 0 Å². The zero-order chi connectivity index (χ0) is 14.9. The van der Waals surface area contributed by atoms with Crippen molar-refractivity contribution < 1.29 is 0 Å². The Bertz CT molecular complexity index is 358. The summed E-state index contributed by atoms with van der Waals surface area (Å²) < 4.78 is 0. The lowest BCUT2D eigenvalue weighted by Crippen LogP contribution is -2.45. The van der Waals surface area contributed by atoms with Gasteiger partial charge in [0.15, 0.2) is 0 Å². The van der Waals surface area contributed by atoms with Gasteiger partial charge in [-0.1, -0.05) is 41.0 Å². The normalized spacial score (nSPS) is 39.7. The molecule has 1 saturated heterocycles. The van der Waals surface area contributed by atoms with Crippen molar-refractivity contribution in [2.45, 2.75) is 66.3 Å². The van der Waals surface area contributed by atoms with Crippen molar-refractivity contribution in [3.8, 4) is 6.07 Å². The van der Waals surface area contributed by atoms with E-state index in [4.69, 9.17) is 0 Å². The minimum Gasteiger partial charge on any atom is -0.299 e. The molecule has 114 valence electrons. The predicted octanol–water partition coefficient (Wildman–Crippen LogP) is 4.32.